The van der Waals surface area contributed by atoms with E-state index >= 15 is 0 Å². The third kappa shape index (κ3) is 3.95. The second kappa shape index (κ2) is 7.07. The Morgan fingerprint density at radius 1 is 1.45 bits per heavy atom. The first-order chi connectivity index (χ1) is 9.60. The van der Waals surface area contributed by atoms with E-state index in [1.54, 1.807) is 11.3 Å². The Labute approximate surface area is 128 Å². The van der Waals surface area contributed by atoms with Crippen LogP contribution in [-0.4, -0.2) is 11.0 Å². The molecule has 2 rings (SSSR count). The summed E-state index contributed by atoms with van der Waals surface area (Å²) in [6, 6.07) is 5.73. The van der Waals surface area contributed by atoms with Crippen molar-refractivity contribution in [3.63, 3.8) is 0 Å². The zero-order valence-corrected chi connectivity index (χ0v) is 13.3. The number of nitrogens with zero attached hydrogens (tertiary/aromatic N) is 1. The number of hydrogen-bond donors (Lipinski definition) is 1. The van der Waals surface area contributed by atoms with Crippen molar-refractivity contribution in [2.45, 2.75) is 39.3 Å². The Kier molecular flexibility index (Phi) is 5.40. The van der Waals surface area contributed by atoms with E-state index < -0.39 is 0 Å². The molecule has 0 aliphatic carbocycles. The summed E-state index contributed by atoms with van der Waals surface area (Å²) in [5.74, 6) is 0.792. The highest BCUT2D eigenvalue weighted by Crippen LogP contribution is 2.28. The summed E-state index contributed by atoms with van der Waals surface area (Å²) in [5.41, 5.74) is 7.79. The average Bonchev–Trinajstić information content (AvgIpc) is 2.87. The Balaban J connectivity index is 2.10. The zero-order chi connectivity index (χ0) is 14.5. The summed E-state index contributed by atoms with van der Waals surface area (Å²) >= 11 is 7.90. The summed E-state index contributed by atoms with van der Waals surface area (Å²) < 4.78 is 5.87. The maximum absolute atomic E-state index is 6.23. The summed E-state index contributed by atoms with van der Waals surface area (Å²) in [6.45, 7) is 4.52. The molecule has 0 saturated heterocycles. The van der Waals surface area contributed by atoms with Gasteiger partial charge in [-0.3, -0.25) is 0 Å². The molecule has 1 aromatic heterocycles. The molecule has 0 saturated carbocycles. The van der Waals surface area contributed by atoms with Gasteiger partial charge in [0.25, 0.3) is 0 Å². The van der Waals surface area contributed by atoms with Crippen LogP contribution in [0.5, 0.6) is 5.75 Å². The molecule has 3 nitrogen and oxygen atoms in total. The predicted molar refractivity (Wildman–Crippen MR) is 84.6 cm³/mol. The minimum atomic E-state index is 0.0446. The molecule has 0 aliphatic rings. The Morgan fingerprint density at radius 3 is 2.90 bits per heavy atom. The summed E-state index contributed by atoms with van der Waals surface area (Å²) in [6.07, 6.45) is 1.66. The molecule has 0 spiro atoms. The molecule has 2 aromatic rings. The highest BCUT2D eigenvalue weighted by Gasteiger charge is 2.11. The number of rotatable bonds is 6. The Bertz CT molecular complexity index is 569. The number of benzene rings is 1. The Hall–Kier alpha value is -1.10. The van der Waals surface area contributed by atoms with E-state index in [-0.39, 0.29) is 6.04 Å². The third-order valence-corrected chi connectivity index (χ3v) is 4.28. The fourth-order valence-corrected chi connectivity index (χ4v) is 2.90. The molecule has 0 amide bonds. The molecular weight excluding hydrogens is 292 g/mol. The lowest BCUT2D eigenvalue weighted by atomic mass is 10.1. The first-order valence-corrected chi connectivity index (χ1v) is 7.95. The second-order valence-corrected chi connectivity index (χ2v) is 6.12. The van der Waals surface area contributed by atoms with Crippen LogP contribution in [0.25, 0.3) is 0 Å². The maximum Gasteiger partial charge on any atom is 0.131 e. The number of nitrogens with two attached hydrogens (primary N) is 1. The van der Waals surface area contributed by atoms with E-state index in [1.807, 2.05) is 30.5 Å². The number of ether oxygens (including phenoxy) is 1. The third-order valence-electron chi connectivity index (χ3n) is 2.88. The normalized spacial score (nSPS) is 12.4. The number of aryl methyl sites for hydroxylation is 1. The molecule has 0 radical (unpaired) electrons. The molecule has 1 unspecified atom stereocenters. The molecule has 108 valence electrons. The number of aromatic nitrogens is 1. The largest absolute Gasteiger partial charge is 0.487 e. The van der Waals surface area contributed by atoms with Gasteiger partial charge in [0.1, 0.15) is 12.4 Å². The zero-order valence-electron chi connectivity index (χ0n) is 11.7. The molecule has 0 fully saturated rings. The van der Waals surface area contributed by atoms with Crippen LogP contribution in [-0.2, 0) is 19.4 Å². The van der Waals surface area contributed by atoms with Crippen LogP contribution in [0.1, 0.15) is 30.1 Å². The fraction of sp³-hybridized carbons (Fsp3) is 0.400. The summed E-state index contributed by atoms with van der Waals surface area (Å²) in [5, 5.41) is 3.87. The number of hydrogen-bond acceptors (Lipinski definition) is 4. The molecule has 5 heteroatoms. The minimum absolute atomic E-state index is 0.0446. The molecule has 1 heterocycles. The number of thiazole rings is 1. The first-order valence-electron chi connectivity index (χ1n) is 6.69. The van der Waals surface area contributed by atoms with Crippen molar-refractivity contribution in [1.29, 1.82) is 0 Å². The van der Waals surface area contributed by atoms with Crippen molar-refractivity contribution in [3.8, 4) is 5.75 Å². The standard InChI is InChI=1S/C15H19ClN2OS/c1-3-15-18-11(9-20-15)8-19-14-6-4-5-13(16)12(14)7-10(2)17/h4-6,9-10H,3,7-8,17H2,1-2H3. The molecule has 0 aliphatic heterocycles. The van der Waals surface area contributed by atoms with E-state index in [0.717, 1.165) is 28.4 Å². The molecule has 1 aromatic carbocycles. The van der Waals surface area contributed by atoms with Crippen molar-refractivity contribution < 1.29 is 4.74 Å². The smallest absolute Gasteiger partial charge is 0.131 e. The van der Waals surface area contributed by atoms with Crippen molar-refractivity contribution in [2.24, 2.45) is 5.73 Å². The van der Waals surface area contributed by atoms with E-state index in [9.17, 15) is 0 Å². The molecule has 1 atom stereocenters. The van der Waals surface area contributed by atoms with Gasteiger partial charge in [-0.2, -0.15) is 0 Å². The average molecular weight is 311 g/mol. The van der Waals surface area contributed by atoms with Gasteiger partial charge < -0.3 is 10.5 Å². The second-order valence-electron chi connectivity index (χ2n) is 4.77. The van der Waals surface area contributed by atoms with Gasteiger partial charge in [0.15, 0.2) is 0 Å². The fourth-order valence-electron chi connectivity index (χ4n) is 1.92. The summed E-state index contributed by atoms with van der Waals surface area (Å²) in [4.78, 5) is 4.49. The van der Waals surface area contributed by atoms with Gasteiger partial charge in [0.05, 0.1) is 10.7 Å². The maximum atomic E-state index is 6.23. The van der Waals surface area contributed by atoms with Crippen LogP contribution < -0.4 is 10.5 Å². The van der Waals surface area contributed by atoms with Crippen LogP contribution in [0, 0.1) is 0 Å². The van der Waals surface area contributed by atoms with Crippen LogP contribution in [0.2, 0.25) is 5.02 Å². The first kappa shape index (κ1) is 15.3. The summed E-state index contributed by atoms with van der Waals surface area (Å²) in [7, 11) is 0. The van der Waals surface area contributed by atoms with Crippen LogP contribution in [0.15, 0.2) is 23.6 Å². The van der Waals surface area contributed by atoms with Gasteiger partial charge >= 0.3 is 0 Å². The highest BCUT2D eigenvalue weighted by atomic mass is 35.5. The van der Waals surface area contributed by atoms with Gasteiger partial charge in [-0.25, -0.2) is 4.98 Å². The molecule has 2 N–H and O–H groups in total. The number of halogens is 1. The Morgan fingerprint density at radius 2 is 2.25 bits per heavy atom. The quantitative estimate of drug-likeness (QED) is 0.882. The van der Waals surface area contributed by atoms with E-state index in [1.165, 1.54) is 0 Å². The predicted octanol–water partition coefficient (Wildman–Crippen LogP) is 3.83. The highest BCUT2D eigenvalue weighted by molar-refractivity contribution is 7.09. The SMILES string of the molecule is CCc1nc(COc2cccc(Cl)c2CC(C)N)cs1. The van der Waals surface area contributed by atoms with Crippen molar-refractivity contribution in [2.75, 3.05) is 0 Å². The van der Waals surface area contributed by atoms with E-state index in [2.05, 4.69) is 11.9 Å². The monoisotopic (exact) mass is 310 g/mol. The van der Waals surface area contributed by atoms with E-state index in [4.69, 9.17) is 22.1 Å². The van der Waals surface area contributed by atoms with Crippen molar-refractivity contribution in [3.05, 3.63) is 44.9 Å². The van der Waals surface area contributed by atoms with Crippen molar-refractivity contribution >= 4 is 22.9 Å². The van der Waals surface area contributed by atoms with Crippen LogP contribution >= 0.6 is 22.9 Å². The van der Waals surface area contributed by atoms with Gasteiger partial charge in [-0.05, 0) is 31.9 Å². The lowest BCUT2D eigenvalue weighted by Crippen LogP contribution is -2.18. The van der Waals surface area contributed by atoms with Gasteiger partial charge in [-0.15, -0.1) is 11.3 Å². The van der Waals surface area contributed by atoms with E-state index in [0.29, 0.717) is 18.1 Å². The van der Waals surface area contributed by atoms with Crippen LogP contribution in [0.4, 0.5) is 0 Å². The molecular formula is C15H19ClN2OS. The molecule has 0 bridgehead atoms. The minimum Gasteiger partial charge on any atom is -0.487 e. The topological polar surface area (TPSA) is 48.1 Å². The lowest BCUT2D eigenvalue weighted by molar-refractivity contribution is 0.298. The molecule has 20 heavy (non-hydrogen) atoms. The van der Waals surface area contributed by atoms with Gasteiger partial charge in [0.2, 0.25) is 0 Å². The van der Waals surface area contributed by atoms with Gasteiger partial charge in [0, 0.05) is 22.0 Å². The van der Waals surface area contributed by atoms with Crippen molar-refractivity contribution in [1.82, 2.24) is 4.98 Å². The van der Waals surface area contributed by atoms with Crippen LogP contribution in [0.3, 0.4) is 0 Å². The van der Waals surface area contributed by atoms with Gasteiger partial charge in [-0.1, -0.05) is 24.6 Å². The lowest BCUT2D eigenvalue weighted by Gasteiger charge is -2.14.